The van der Waals surface area contributed by atoms with Crippen molar-refractivity contribution in [2.75, 3.05) is 20.2 Å². The minimum atomic E-state index is 0.0526. The summed E-state index contributed by atoms with van der Waals surface area (Å²) in [6.07, 6.45) is 0.547. The second kappa shape index (κ2) is 7.46. The molecule has 6 heteroatoms. The van der Waals surface area contributed by atoms with E-state index in [1.54, 1.807) is 7.11 Å². The van der Waals surface area contributed by atoms with Crippen molar-refractivity contribution in [1.29, 1.82) is 0 Å². The summed E-state index contributed by atoms with van der Waals surface area (Å²) in [6.45, 7) is 5.21. The van der Waals surface area contributed by atoms with Crippen LogP contribution in [0.2, 0.25) is 0 Å². The first-order chi connectivity index (χ1) is 13.5. The zero-order valence-corrected chi connectivity index (χ0v) is 16.3. The Labute approximate surface area is 164 Å². The normalized spacial score (nSPS) is 14.0. The molecule has 0 radical (unpaired) electrons. The van der Waals surface area contributed by atoms with Gasteiger partial charge in [0, 0.05) is 30.6 Å². The van der Waals surface area contributed by atoms with Crippen LogP contribution in [0.3, 0.4) is 0 Å². The number of rotatable bonds is 5. The summed E-state index contributed by atoms with van der Waals surface area (Å²) in [7, 11) is 1.65. The fourth-order valence-corrected chi connectivity index (χ4v) is 3.61. The van der Waals surface area contributed by atoms with Gasteiger partial charge < -0.3 is 14.2 Å². The predicted octanol–water partition coefficient (Wildman–Crippen LogP) is 3.53. The molecular formula is C22H23N3O3. The number of likely N-dealkylation sites (tertiary alicyclic amines) is 1. The van der Waals surface area contributed by atoms with E-state index >= 15 is 0 Å². The van der Waals surface area contributed by atoms with Gasteiger partial charge in [-0.1, -0.05) is 40.5 Å². The summed E-state index contributed by atoms with van der Waals surface area (Å²) in [4.78, 5) is 19.0. The average molecular weight is 377 g/mol. The minimum absolute atomic E-state index is 0.0526. The molecule has 6 nitrogen and oxygen atoms in total. The molecule has 0 saturated carbocycles. The lowest BCUT2D eigenvalue weighted by Crippen LogP contribution is -2.48. The predicted molar refractivity (Wildman–Crippen MR) is 105 cm³/mol. The maximum absolute atomic E-state index is 12.7. The molecule has 144 valence electrons. The lowest BCUT2D eigenvalue weighted by molar-refractivity contribution is 0.0569. The molecule has 2 aromatic carbocycles. The Bertz CT molecular complexity index is 986. The Balaban J connectivity index is 1.39. The van der Waals surface area contributed by atoms with Crippen molar-refractivity contribution in [2.45, 2.75) is 26.2 Å². The monoisotopic (exact) mass is 377 g/mol. The summed E-state index contributed by atoms with van der Waals surface area (Å²) in [5.74, 6) is 2.17. The van der Waals surface area contributed by atoms with Crippen LogP contribution in [-0.2, 0) is 6.42 Å². The molecule has 1 aromatic heterocycles. The number of hydrogen-bond donors (Lipinski definition) is 0. The molecule has 4 rings (SSSR count). The summed E-state index contributed by atoms with van der Waals surface area (Å²) in [5.41, 5.74) is 3.94. The van der Waals surface area contributed by atoms with Gasteiger partial charge in [-0.25, -0.2) is 0 Å². The van der Waals surface area contributed by atoms with Crippen molar-refractivity contribution in [1.82, 2.24) is 15.0 Å². The fraction of sp³-hybridized carbons (Fsp3) is 0.318. The van der Waals surface area contributed by atoms with E-state index in [0.29, 0.717) is 31.2 Å². The van der Waals surface area contributed by atoms with Crippen LogP contribution in [-0.4, -0.2) is 41.1 Å². The third-order valence-electron chi connectivity index (χ3n) is 5.01. The van der Waals surface area contributed by atoms with E-state index in [0.717, 1.165) is 28.0 Å². The number of aryl methyl sites for hydroxylation is 2. The van der Waals surface area contributed by atoms with Crippen molar-refractivity contribution in [3.05, 3.63) is 76.4 Å². The van der Waals surface area contributed by atoms with Gasteiger partial charge in [-0.3, -0.25) is 4.79 Å². The zero-order chi connectivity index (χ0) is 19.7. The van der Waals surface area contributed by atoms with Crippen LogP contribution in [0.4, 0.5) is 0 Å². The number of carbonyl (C=O) groups excluding carboxylic acids is 1. The van der Waals surface area contributed by atoms with E-state index in [4.69, 9.17) is 9.26 Å². The number of ether oxygens (including phenoxy) is 1. The molecule has 3 aromatic rings. The highest BCUT2D eigenvalue weighted by Crippen LogP contribution is 2.28. The van der Waals surface area contributed by atoms with Gasteiger partial charge in [0.05, 0.1) is 13.0 Å². The number of hydrogen-bond acceptors (Lipinski definition) is 5. The molecular weight excluding hydrogens is 354 g/mol. The Morgan fingerprint density at radius 2 is 1.89 bits per heavy atom. The van der Waals surface area contributed by atoms with Crippen molar-refractivity contribution in [2.24, 2.45) is 0 Å². The van der Waals surface area contributed by atoms with Gasteiger partial charge in [0.25, 0.3) is 5.91 Å². The molecule has 0 atom stereocenters. The molecule has 0 unspecified atom stereocenters. The molecule has 0 bridgehead atoms. The zero-order valence-electron chi connectivity index (χ0n) is 16.3. The van der Waals surface area contributed by atoms with Crippen molar-refractivity contribution < 1.29 is 14.1 Å². The van der Waals surface area contributed by atoms with E-state index in [9.17, 15) is 4.79 Å². The van der Waals surface area contributed by atoms with E-state index in [1.165, 1.54) is 0 Å². The molecule has 0 aliphatic carbocycles. The van der Waals surface area contributed by atoms with Crippen LogP contribution >= 0.6 is 0 Å². The van der Waals surface area contributed by atoms with Crippen molar-refractivity contribution in [3.8, 4) is 5.75 Å². The molecule has 2 heterocycles. The SMILES string of the molecule is COc1ccccc1Cc1noc(C2CN(C(=O)c3cc(C)cc(C)c3)C2)n1. The van der Waals surface area contributed by atoms with Gasteiger partial charge in [-0.2, -0.15) is 4.98 Å². The molecule has 0 spiro atoms. The first-order valence-electron chi connectivity index (χ1n) is 9.35. The summed E-state index contributed by atoms with van der Waals surface area (Å²) in [6, 6.07) is 13.7. The molecule has 1 fully saturated rings. The third-order valence-corrected chi connectivity index (χ3v) is 5.01. The van der Waals surface area contributed by atoms with Gasteiger partial charge in [0.2, 0.25) is 5.89 Å². The van der Waals surface area contributed by atoms with Gasteiger partial charge in [0.1, 0.15) is 5.75 Å². The minimum Gasteiger partial charge on any atom is -0.496 e. The van der Waals surface area contributed by atoms with E-state index < -0.39 is 0 Å². The average Bonchev–Trinajstić information content (AvgIpc) is 3.08. The number of aromatic nitrogens is 2. The summed E-state index contributed by atoms with van der Waals surface area (Å²) in [5, 5.41) is 4.10. The molecule has 0 N–H and O–H groups in total. The lowest BCUT2D eigenvalue weighted by Gasteiger charge is -2.37. The van der Waals surface area contributed by atoms with Crippen LogP contribution in [0.15, 0.2) is 47.0 Å². The number of methoxy groups -OCH3 is 1. The third kappa shape index (κ3) is 3.63. The number of nitrogens with zero attached hydrogens (tertiary/aromatic N) is 3. The highest BCUT2D eigenvalue weighted by atomic mass is 16.5. The highest BCUT2D eigenvalue weighted by molar-refractivity contribution is 5.95. The second-order valence-electron chi connectivity index (χ2n) is 7.32. The van der Waals surface area contributed by atoms with Crippen molar-refractivity contribution >= 4 is 5.91 Å². The summed E-state index contributed by atoms with van der Waals surface area (Å²) < 4.78 is 10.8. The van der Waals surface area contributed by atoms with Crippen LogP contribution in [0.25, 0.3) is 0 Å². The lowest BCUT2D eigenvalue weighted by atomic mass is 9.97. The van der Waals surface area contributed by atoms with Gasteiger partial charge >= 0.3 is 0 Å². The first kappa shape index (κ1) is 18.2. The second-order valence-corrected chi connectivity index (χ2v) is 7.32. The Kier molecular flexibility index (Phi) is 4.86. The quantitative estimate of drug-likeness (QED) is 0.680. The van der Waals surface area contributed by atoms with Crippen LogP contribution in [0.1, 0.15) is 44.7 Å². The Morgan fingerprint density at radius 3 is 2.61 bits per heavy atom. The Morgan fingerprint density at radius 1 is 1.18 bits per heavy atom. The maximum atomic E-state index is 12.7. The molecule has 28 heavy (non-hydrogen) atoms. The van der Waals surface area contributed by atoms with E-state index in [1.807, 2.05) is 55.1 Å². The molecule has 1 aliphatic heterocycles. The first-order valence-corrected chi connectivity index (χ1v) is 9.35. The maximum Gasteiger partial charge on any atom is 0.253 e. The standard InChI is InChI=1S/C22H23N3O3/c1-14-8-15(2)10-17(9-14)22(26)25-12-18(13-25)21-23-20(24-28-21)11-16-6-4-5-7-19(16)27-3/h4-10,18H,11-13H2,1-3H3. The number of para-hydroxylation sites is 1. The van der Waals surface area contributed by atoms with Crippen LogP contribution in [0.5, 0.6) is 5.75 Å². The topological polar surface area (TPSA) is 68.5 Å². The largest absolute Gasteiger partial charge is 0.496 e. The van der Waals surface area contributed by atoms with Crippen molar-refractivity contribution in [3.63, 3.8) is 0 Å². The Hall–Kier alpha value is -3.15. The smallest absolute Gasteiger partial charge is 0.253 e. The van der Waals surface area contributed by atoms with E-state index in [2.05, 4.69) is 16.2 Å². The number of amides is 1. The fourth-order valence-electron chi connectivity index (χ4n) is 3.61. The van der Waals surface area contributed by atoms with Gasteiger partial charge in [0.15, 0.2) is 5.82 Å². The van der Waals surface area contributed by atoms with Crippen LogP contribution < -0.4 is 4.74 Å². The summed E-state index contributed by atoms with van der Waals surface area (Å²) >= 11 is 0. The number of carbonyl (C=O) groups is 1. The van der Waals surface area contributed by atoms with E-state index in [-0.39, 0.29) is 11.8 Å². The molecule has 1 saturated heterocycles. The molecule has 1 amide bonds. The van der Waals surface area contributed by atoms with Gasteiger partial charge in [-0.15, -0.1) is 0 Å². The van der Waals surface area contributed by atoms with Gasteiger partial charge in [-0.05, 0) is 32.0 Å². The van der Waals surface area contributed by atoms with Crippen LogP contribution in [0, 0.1) is 13.8 Å². The highest BCUT2D eigenvalue weighted by Gasteiger charge is 2.36. The molecule has 1 aliphatic rings. The number of benzene rings is 2.